The average molecular weight is 408 g/mol. The molecular formula is C22H19ClFN5. The Kier molecular flexibility index (Phi) is 4.56. The molecule has 29 heavy (non-hydrogen) atoms. The highest BCUT2D eigenvalue weighted by atomic mass is 35.5. The van der Waals surface area contributed by atoms with Crippen LogP contribution in [0.2, 0.25) is 5.02 Å². The topological polar surface area (TPSA) is 36.7 Å². The van der Waals surface area contributed by atoms with E-state index >= 15 is 0 Å². The fraction of sp³-hybridized carbons (Fsp3) is 0.182. The lowest BCUT2D eigenvalue weighted by molar-refractivity contribution is 0.628. The number of hydrogen-bond acceptors (Lipinski definition) is 4. The van der Waals surface area contributed by atoms with Crippen molar-refractivity contribution in [2.75, 3.05) is 36.0 Å². The van der Waals surface area contributed by atoms with Crippen LogP contribution in [0.4, 0.5) is 15.9 Å². The molecule has 1 aliphatic rings. The van der Waals surface area contributed by atoms with Gasteiger partial charge in [0.1, 0.15) is 11.3 Å². The summed E-state index contributed by atoms with van der Waals surface area (Å²) in [6.07, 6.45) is 3.61. The monoisotopic (exact) mass is 407 g/mol. The highest BCUT2D eigenvalue weighted by Gasteiger charge is 2.22. The van der Waals surface area contributed by atoms with E-state index in [0.29, 0.717) is 0 Å². The zero-order valence-electron chi connectivity index (χ0n) is 15.7. The SMILES string of the molecule is Fc1ccc(-c2cc3c(N4CCN(c5ccccc5Cl)CC4)nccn3n2)cc1. The predicted octanol–water partition coefficient (Wildman–Crippen LogP) is 4.52. The molecule has 7 heteroatoms. The van der Waals surface area contributed by atoms with Gasteiger partial charge in [-0.2, -0.15) is 5.10 Å². The molecule has 5 nitrogen and oxygen atoms in total. The lowest BCUT2D eigenvalue weighted by Crippen LogP contribution is -2.47. The zero-order valence-corrected chi connectivity index (χ0v) is 16.4. The summed E-state index contributed by atoms with van der Waals surface area (Å²) in [5.41, 5.74) is 3.69. The smallest absolute Gasteiger partial charge is 0.154 e. The Bertz CT molecular complexity index is 1150. The second-order valence-electron chi connectivity index (χ2n) is 7.04. The normalized spacial score (nSPS) is 14.6. The first-order chi connectivity index (χ1) is 14.2. The van der Waals surface area contributed by atoms with Gasteiger partial charge in [-0.05, 0) is 42.5 Å². The first-order valence-corrected chi connectivity index (χ1v) is 9.91. The molecule has 0 saturated carbocycles. The van der Waals surface area contributed by atoms with Crippen LogP contribution in [-0.2, 0) is 0 Å². The number of piperazine rings is 1. The standard InChI is InChI=1S/C22H19ClFN5/c23-18-3-1-2-4-20(18)27-11-13-28(14-12-27)22-21-15-19(26-29(21)10-9-25-22)16-5-7-17(24)8-6-16/h1-10,15H,11-14H2. The van der Waals surface area contributed by atoms with E-state index in [2.05, 4.69) is 25.9 Å². The zero-order chi connectivity index (χ0) is 19.8. The molecule has 0 amide bonds. The van der Waals surface area contributed by atoms with Crippen molar-refractivity contribution in [2.45, 2.75) is 0 Å². The number of fused-ring (bicyclic) bond motifs is 1. The minimum absolute atomic E-state index is 0.253. The summed E-state index contributed by atoms with van der Waals surface area (Å²) in [5.74, 6) is 0.656. The highest BCUT2D eigenvalue weighted by Crippen LogP contribution is 2.29. The Labute approximate surface area is 173 Å². The molecule has 0 unspecified atom stereocenters. The predicted molar refractivity (Wildman–Crippen MR) is 114 cm³/mol. The summed E-state index contributed by atoms with van der Waals surface area (Å²) in [5, 5.41) is 5.42. The molecule has 146 valence electrons. The third-order valence-corrected chi connectivity index (χ3v) is 5.60. The number of rotatable bonds is 3. The van der Waals surface area contributed by atoms with E-state index < -0.39 is 0 Å². The van der Waals surface area contributed by atoms with Gasteiger partial charge in [0.15, 0.2) is 5.82 Å². The number of anilines is 2. The van der Waals surface area contributed by atoms with E-state index in [9.17, 15) is 4.39 Å². The summed E-state index contributed by atoms with van der Waals surface area (Å²) in [7, 11) is 0. The molecule has 0 atom stereocenters. The number of para-hydroxylation sites is 1. The van der Waals surface area contributed by atoms with Crippen LogP contribution in [0, 0.1) is 5.82 Å². The second-order valence-corrected chi connectivity index (χ2v) is 7.45. The molecule has 0 aliphatic carbocycles. The molecule has 2 aromatic heterocycles. The quantitative estimate of drug-likeness (QED) is 0.500. The minimum atomic E-state index is -0.253. The van der Waals surface area contributed by atoms with Crippen molar-refractivity contribution in [2.24, 2.45) is 0 Å². The van der Waals surface area contributed by atoms with Gasteiger partial charge in [0.05, 0.1) is 16.4 Å². The maximum absolute atomic E-state index is 13.2. The molecule has 1 saturated heterocycles. The number of hydrogen-bond donors (Lipinski definition) is 0. The molecule has 0 bridgehead atoms. The van der Waals surface area contributed by atoms with Crippen molar-refractivity contribution < 1.29 is 4.39 Å². The number of aromatic nitrogens is 3. The van der Waals surface area contributed by atoms with Crippen LogP contribution in [0.25, 0.3) is 16.8 Å². The van der Waals surface area contributed by atoms with Crippen LogP contribution < -0.4 is 9.80 Å². The number of halogens is 2. The summed E-state index contributed by atoms with van der Waals surface area (Å²) < 4.78 is 15.1. The van der Waals surface area contributed by atoms with E-state index in [0.717, 1.165) is 59.5 Å². The molecule has 1 aliphatic heterocycles. The van der Waals surface area contributed by atoms with Crippen molar-refractivity contribution in [3.63, 3.8) is 0 Å². The van der Waals surface area contributed by atoms with Gasteiger partial charge in [-0.1, -0.05) is 23.7 Å². The van der Waals surface area contributed by atoms with Crippen molar-refractivity contribution in [3.05, 3.63) is 77.8 Å². The van der Waals surface area contributed by atoms with Gasteiger partial charge in [0.25, 0.3) is 0 Å². The van der Waals surface area contributed by atoms with Gasteiger partial charge in [-0.15, -0.1) is 0 Å². The fourth-order valence-electron chi connectivity index (χ4n) is 3.78. The van der Waals surface area contributed by atoms with E-state index in [4.69, 9.17) is 11.6 Å². The summed E-state index contributed by atoms with van der Waals surface area (Å²) in [4.78, 5) is 9.21. The molecule has 5 rings (SSSR count). The Morgan fingerprint density at radius 1 is 0.897 bits per heavy atom. The Morgan fingerprint density at radius 3 is 2.38 bits per heavy atom. The third kappa shape index (κ3) is 3.40. The first-order valence-electron chi connectivity index (χ1n) is 9.54. The summed E-state index contributed by atoms with van der Waals surface area (Å²) in [6.45, 7) is 3.42. The highest BCUT2D eigenvalue weighted by molar-refractivity contribution is 6.33. The first kappa shape index (κ1) is 17.9. The van der Waals surface area contributed by atoms with Crippen molar-refractivity contribution in [1.82, 2.24) is 14.6 Å². The Morgan fingerprint density at radius 2 is 1.62 bits per heavy atom. The molecule has 2 aromatic carbocycles. The van der Waals surface area contributed by atoms with E-state index in [1.807, 2.05) is 35.0 Å². The molecule has 1 fully saturated rings. The Hall–Kier alpha value is -3.12. The van der Waals surface area contributed by atoms with E-state index in [1.165, 1.54) is 12.1 Å². The number of nitrogens with zero attached hydrogens (tertiary/aromatic N) is 5. The summed E-state index contributed by atoms with van der Waals surface area (Å²) >= 11 is 6.36. The van der Waals surface area contributed by atoms with Crippen LogP contribution in [-0.4, -0.2) is 40.8 Å². The van der Waals surface area contributed by atoms with Gasteiger partial charge in [-0.25, -0.2) is 13.9 Å². The maximum atomic E-state index is 13.2. The Balaban J connectivity index is 1.41. The molecule has 3 heterocycles. The molecule has 4 aromatic rings. The fourth-order valence-corrected chi connectivity index (χ4v) is 4.04. The average Bonchev–Trinajstić information content (AvgIpc) is 3.19. The van der Waals surface area contributed by atoms with E-state index in [-0.39, 0.29) is 5.82 Å². The lowest BCUT2D eigenvalue weighted by Gasteiger charge is -2.37. The van der Waals surface area contributed by atoms with Crippen LogP contribution in [0.5, 0.6) is 0 Å². The minimum Gasteiger partial charge on any atom is -0.367 e. The molecule has 0 radical (unpaired) electrons. The van der Waals surface area contributed by atoms with Gasteiger partial charge < -0.3 is 9.80 Å². The van der Waals surface area contributed by atoms with Crippen LogP contribution >= 0.6 is 11.6 Å². The molecule has 0 N–H and O–H groups in total. The van der Waals surface area contributed by atoms with Crippen molar-refractivity contribution in [3.8, 4) is 11.3 Å². The maximum Gasteiger partial charge on any atom is 0.154 e. The van der Waals surface area contributed by atoms with E-state index in [1.54, 1.807) is 18.3 Å². The van der Waals surface area contributed by atoms with Crippen LogP contribution in [0.15, 0.2) is 67.0 Å². The van der Waals surface area contributed by atoms with Gasteiger partial charge in [0.2, 0.25) is 0 Å². The van der Waals surface area contributed by atoms with Gasteiger partial charge in [0, 0.05) is 44.1 Å². The van der Waals surface area contributed by atoms with Gasteiger partial charge in [-0.3, -0.25) is 0 Å². The molecule has 0 spiro atoms. The van der Waals surface area contributed by atoms with Gasteiger partial charge >= 0.3 is 0 Å². The summed E-state index contributed by atoms with van der Waals surface area (Å²) in [6, 6.07) is 16.3. The second kappa shape index (κ2) is 7.37. The third-order valence-electron chi connectivity index (χ3n) is 5.28. The van der Waals surface area contributed by atoms with Crippen molar-refractivity contribution >= 4 is 28.6 Å². The molecular weight excluding hydrogens is 389 g/mol. The van der Waals surface area contributed by atoms with Crippen LogP contribution in [0.1, 0.15) is 0 Å². The van der Waals surface area contributed by atoms with Crippen molar-refractivity contribution in [1.29, 1.82) is 0 Å². The van der Waals surface area contributed by atoms with Crippen LogP contribution in [0.3, 0.4) is 0 Å². The largest absolute Gasteiger partial charge is 0.367 e. The lowest BCUT2D eigenvalue weighted by atomic mass is 10.1. The number of benzene rings is 2.